The van der Waals surface area contributed by atoms with Gasteiger partial charge in [0.15, 0.2) is 6.10 Å². The van der Waals surface area contributed by atoms with Gasteiger partial charge >= 0.3 is 17.9 Å². The Balaban J connectivity index is 4.34. The van der Waals surface area contributed by atoms with E-state index in [0.29, 0.717) is 19.3 Å². The van der Waals surface area contributed by atoms with Crippen LogP contribution in [0.25, 0.3) is 0 Å². The van der Waals surface area contributed by atoms with Gasteiger partial charge in [-0.1, -0.05) is 276 Å². The first-order chi connectivity index (χ1) is 38.5. The maximum Gasteiger partial charge on any atom is 0.306 e. The number of rotatable bonds is 56. The monoisotopic (exact) mass is 1080 g/mol. The van der Waals surface area contributed by atoms with Crippen molar-refractivity contribution >= 4 is 17.9 Å². The average molecular weight is 1080 g/mol. The van der Waals surface area contributed by atoms with Gasteiger partial charge in [-0.05, 0) is 122 Å². The molecule has 0 aliphatic carbocycles. The van der Waals surface area contributed by atoms with E-state index >= 15 is 0 Å². The van der Waals surface area contributed by atoms with Gasteiger partial charge < -0.3 is 14.2 Å². The van der Waals surface area contributed by atoms with Crippen molar-refractivity contribution in [1.29, 1.82) is 0 Å². The summed E-state index contributed by atoms with van der Waals surface area (Å²) in [6, 6.07) is 0. The van der Waals surface area contributed by atoms with E-state index in [2.05, 4.69) is 167 Å². The summed E-state index contributed by atoms with van der Waals surface area (Å²) < 4.78 is 16.9. The van der Waals surface area contributed by atoms with E-state index in [1.807, 2.05) is 0 Å². The first kappa shape index (κ1) is 73.3. The molecule has 0 aliphatic rings. The van der Waals surface area contributed by atoms with E-state index < -0.39 is 6.10 Å². The predicted molar refractivity (Wildman–Crippen MR) is 339 cm³/mol. The fourth-order valence-electron chi connectivity index (χ4n) is 8.39. The third-order valence-electron chi connectivity index (χ3n) is 13.1. The van der Waals surface area contributed by atoms with Crippen LogP contribution in [0, 0.1) is 0 Å². The molecule has 6 heteroatoms. The molecule has 0 aromatic carbocycles. The molecule has 0 N–H and O–H groups in total. The number of carbonyl (C=O) groups excluding carboxylic acids is 3. The second kappa shape index (κ2) is 64.8. The normalized spacial score (nSPS) is 13.1. The fourth-order valence-corrected chi connectivity index (χ4v) is 8.39. The number of ether oxygens (including phenoxy) is 3. The minimum Gasteiger partial charge on any atom is -0.462 e. The summed E-state index contributed by atoms with van der Waals surface area (Å²) in [7, 11) is 0. The lowest BCUT2D eigenvalue weighted by atomic mass is 10.1. The molecular weight excluding hydrogens is 961 g/mol. The summed E-state index contributed by atoms with van der Waals surface area (Å²) in [4.78, 5) is 38.2. The minimum absolute atomic E-state index is 0.0926. The zero-order valence-electron chi connectivity index (χ0n) is 50.4. The molecule has 0 amide bonds. The molecule has 0 bridgehead atoms. The number of hydrogen-bond donors (Lipinski definition) is 0. The number of unbranched alkanes of at least 4 members (excludes halogenated alkanes) is 21. The lowest BCUT2D eigenvalue weighted by molar-refractivity contribution is -0.167. The topological polar surface area (TPSA) is 78.9 Å². The van der Waals surface area contributed by atoms with E-state index in [-0.39, 0.29) is 31.1 Å². The summed E-state index contributed by atoms with van der Waals surface area (Å²) in [6.45, 7) is 6.37. The Morgan fingerprint density at radius 2 is 0.500 bits per heavy atom. The van der Waals surface area contributed by atoms with Crippen molar-refractivity contribution in [2.75, 3.05) is 13.2 Å². The average Bonchev–Trinajstić information content (AvgIpc) is 3.44. The summed E-state index contributed by atoms with van der Waals surface area (Å²) >= 11 is 0. The number of esters is 3. The van der Waals surface area contributed by atoms with Crippen LogP contribution < -0.4 is 0 Å². The van der Waals surface area contributed by atoms with Crippen molar-refractivity contribution in [3.8, 4) is 0 Å². The van der Waals surface area contributed by atoms with Crippen molar-refractivity contribution in [2.24, 2.45) is 0 Å². The highest BCUT2D eigenvalue weighted by Crippen LogP contribution is 2.15. The fraction of sp³-hybridized carbons (Fsp3) is 0.625. The van der Waals surface area contributed by atoms with Gasteiger partial charge in [-0.15, -0.1) is 0 Å². The maximum absolute atomic E-state index is 12.9. The molecule has 0 spiro atoms. The third-order valence-corrected chi connectivity index (χ3v) is 13.1. The first-order valence-corrected chi connectivity index (χ1v) is 31.8. The van der Waals surface area contributed by atoms with Gasteiger partial charge in [-0.2, -0.15) is 0 Å². The quantitative estimate of drug-likeness (QED) is 0.0261. The molecule has 0 saturated heterocycles. The molecule has 6 nitrogen and oxygen atoms in total. The van der Waals surface area contributed by atoms with Crippen LogP contribution in [0.3, 0.4) is 0 Å². The molecule has 78 heavy (non-hydrogen) atoms. The van der Waals surface area contributed by atoms with Crippen LogP contribution in [0.2, 0.25) is 0 Å². The molecule has 0 heterocycles. The Kier molecular flexibility index (Phi) is 60.9. The van der Waals surface area contributed by atoms with Gasteiger partial charge in [-0.3, -0.25) is 14.4 Å². The van der Waals surface area contributed by atoms with Crippen LogP contribution >= 0.6 is 0 Å². The highest BCUT2D eigenvalue weighted by molar-refractivity contribution is 5.71. The summed E-state index contributed by atoms with van der Waals surface area (Å²) in [6.07, 6.45) is 92.8. The highest BCUT2D eigenvalue weighted by Gasteiger charge is 2.19. The van der Waals surface area contributed by atoms with Gasteiger partial charge in [0, 0.05) is 19.3 Å². The Morgan fingerprint density at radius 3 is 0.782 bits per heavy atom. The molecule has 0 aliphatic heterocycles. The first-order valence-electron chi connectivity index (χ1n) is 31.8. The molecule has 0 aromatic rings. The third kappa shape index (κ3) is 62.1. The van der Waals surface area contributed by atoms with Crippen molar-refractivity contribution in [3.63, 3.8) is 0 Å². The van der Waals surface area contributed by atoms with E-state index in [9.17, 15) is 14.4 Å². The second-order valence-electron chi connectivity index (χ2n) is 20.6. The van der Waals surface area contributed by atoms with E-state index in [1.165, 1.54) is 70.6 Å². The zero-order chi connectivity index (χ0) is 56.4. The summed E-state index contributed by atoms with van der Waals surface area (Å²) in [5.41, 5.74) is 0. The lowest BCUT2D eigenvalue weighted by Gasteiger charge is -2.18. The summed E-state index contributed by atoms with van der Waals surface area (Å²) in [5, 5.41) is 0. The molecule has 0 aromatic heterocycles. The van der Waals surface area contributed by atoms with Crippen LogP contribution in [0.5, 0.6) is 0 Å². The molecule has 1 atom stereocenters. The Bertz CT molecular complexity index is 1710. The van der Waals surface area contributed by atoms with Gasteiger partial charge in [0.05, 0.1) is 0 Å². The van der Waals surface area contributed by atoms with Crippen LogP contribution in [0.15, 0.2) is 146 Å². The second-order valence-corrected chi connectivity index (χ2v) is 20.6. The Labute approximate surface area is 480 Å². The van der Waals surface area contributed by atoms with Crippen molar-refractivity contribution in [1.82, 2.24) is 0 Å². The van der Waals surface area contributed by atoms with Crippen LogP contribution in [-0.4, -0.2) is 37.2 Å². The van der Waals surface area contributed by atoms with Crippen molar-refractivity contribution in [2.45, 2.75) is 277 Å². The molecule has 0 radical (unpaired) electrons. The lowest BCUT2D eigenvalue weighted by Crippen LogP contribution is -2.30. The van der Waals surface area contributed by atoms with E-state index in [0.717, 1.165) is 161 Å². The Hall–Kier alpha value is -4.71. The number of hydrogen-bond acceptors (Lipinski definition) is 6. The molecular formula is C72H116O6. The standard InChI is InChI=1S/C72H116O6/c1-4-7-10-13-16-19-22-24-26-28-30-32-33-34-35-36-37-38-39-41-42-44-46-48-50-53-56-59-62-65-71(74)77-68-69(67-76-70(73)64-61-58-55-52-21-18-15-12-9-6-3)78-72(75)66-63-60-57-54-51-49-47-45-43-40-31-29-27-25-23-20-17-14-11-8-5-2/h7-8,10-11,16-17,19-20,24-27,30-32,34-35,37-38,40-42,45,47,69H,4-6,9,12-15,18,21-23,28-29,33,36,39,43-44,46,48-68H2,1-3H3/b10-7-,11-8-,19-16-,20-17-,26-24-,27-25-,32-30-,35-34-,38-37-,40-31-,42-41-,47-45-. The molecule has 1 unspecified atom stereocenters. The van der Waals surface area contributed by atoms with Crippen LogP contribution in [0.1, 0.15) is 271 Å². The van der Waals surface area contributed by atoms with Crippen LogP contribution in [-0.2, 0) is 28.6 Å². The summed E-state index contributed by atoms with van der Waals surface area (Å²) in [5.74, 6) is -0.925. The SMILES string of the molecule is CC/C=C\C/C=C\C/C=C\C/C=C\C/C=C\C/C=C\C/C=C\CCCCCCCCCC(=O)OCC(COC(=O)CCCCCCCCCCCC)OC(=O)CCCCCCC/C=C\C/C=C\C/C=C\C/C=C\C/C=C\CC. The van der Waals surface area contributed by atoms with Gasteiger partial charge in [0.25, 0.3) is 0 Å². The van der Waals surface area contributed by atoms with Crippen molar-refractivity contribution < 1.29 is 28.6 Å². The highest BCUT2D eigenvalue weighted by atomic mass is 16.6. The zero-order valence-corrected chi connectivity index (χ0v) is 50.4. The molecule has 0 saturated carbocycles. The predicted octanol–water partition coefficient (Wildman–Crippen LogP) is 21.9. The molecule has 440 valence electrons. The number of allylic oxidation sites excluding steroid dienone is 24. The largest absolute Gasteiger partial charge is 0.462 e. The van der Waals surface area contributed by atoms with Crippen LogP contribution in [0.4, 0.5) is 0 Å². The van der Waals surface area contributed by atoms with Gasteiger partial charge in [-0.25, -0.2) is 0 Å². The number of carbonyl (C=O) groups is 3. The minimum atomic E-state index is -0.798. The van der Waals surface area contributed by atoms with Gasteiger partial charge in [0.2, 0.25) is 0 Å². The van der Waals surface area contributed by atoms with Gasteiger partial charge in [0.1, 0.15) is 13.2 Å². The van der Waals surface area contributed by atoms with E-state index in [4.69, 9.17) is 14.2 Å². The van der Waals surface area contributed by atoms with Crippen molar-refractivity contribution in [3.05, 3.63) is 146 Å². The maximum atomic E-state index is 12.9. The van der Waals surface area contributed by atoms with E-state index in [1.54, 1.807) is 0 Å². The molecule has 0 fully saturated rings. The molecule has 0 rings (SSSR count). The Morgan fingerprint density at radius 1 is 0.269 bits per heavy atom. The smallest absolute Gasteiger partial charge is 0.306 e.